The van der Waals surface area contributed by atoms with Gasteiger partial charge in [-0.2, -0.15) is 0 Å². The molecule has 3 unspecified atom stereocenters. The van der Waals surface area contributed by atoms with E-state index in [9.17, 15) is 0 Å². The summed E-state index contributed by atoms with van der Waals surface area (Å²) in [6.45, 7) is 11.2. The average molecular weight is 212 g/mol. The van der Waals surface area contributed by atoms with Crippen molar-refractivity contribution in [2.75, 3.05) is 26.2 Å². The van der Waals surface area contributed by atoms with Crippen molar-refractivity contribution in [3.63, 3.8) is 0 Å². The summed E-state index contributed by atoms with van der Waals surface area (Å²) in [5, 5.41) is 3.55. The highest BCUT2D eigenvalue weighted by molar-refractivity contribution is 4.88. The second-order valence-corrected chi connectivity index (χ2v) is 5.34. The van der Waals surface area contributed by atoms with Gasteiger partial charge in [0.15, 0.2) is 0 Å². The van der Waals surface area contributed by atoms with Gasteiger partial charge in [-0.3, -0.25) is 5.32 Å². The predicted octanol–water partition coefficient (Wildman–Crippen LogP) is 1.44. The molecule has 2 saturated heterocycles. The zero-order chi connectivity index (χ0) is 10.9. The summed E-state index contributed by atoms with van der Waals surface area (Å²) in [5.74, 6) is 0.813. The summed E-state index contributed by atoms with van der Waals surface area (Å²) in [6, 6.07) is 0.513. The van der Waals surface area contributed by atoms with E-state index in [1.165, 1.54) is 26.1 Å². The quantitative estimate of drug-likeness (QED) is 0.766. The van der Waals surface area contributed by atoms with Crippen molar-refractivity contribution in [1.82, 2.24) is 10.2 Å². The van der Waals surface area contributed by atoms with E-state index in [0.717, 1.165) is 18.9 Å². The SMILES string of the molecule is CCN1CCC(CC2(C)NC(C)CO2)C1. The van der Waals surface area contributed by atoms with Gasteiger partial charge in [-0.15, -0.1) is 0 Å². The van der Waals surface area contributed by atoms with Gasteiger partial charge in [-0.25, -0.2) is 0 Å². The topological polar surface area (TPSA) is 24.5 Å². The molecule has 2 fully saturated rings. The van der Waals surface area contributed by atoms with Crippen molar-refractivity contribution in [2.24, 2.45) is 5.92 Å². The molecule has 0 bridgehead atoms. The number of ether oxygens (including phenoxy) is 1. The molecule has 1 N–H and O–H groups in total. The van der Waals surface area contributed by atoms with Crippen LogP contribution >= 0.6 is 0 Å². The molecule has 15 heavy (non-hydrogen) atoms. The first-order valence-electron chi connectivity index (χ1n) is 6.25. The lowest BCUT2D eigenvalue weighted by molar-refractivity contribution is -0.0125. The summed E-state index contributed by atoms with van der Waals surface area (Å²) >= 11 is 0. The zero-order valence-corrected chi connectivity index (χ0v) is 10.3. The Morgan fingerprint density at radius 1 is 1.53 bits per heavy atom. The van der Waals surface area contributed by atoms with Crippen molar-refractivity contribution in [2.45, 2.75) is 45.4 Å². The third-order valence-electron chi connectivity index (χ3n) is 3.70. The van der Waals surface area contributed by atoms with E-state index in [0.29, 0.717) is 6.04 Å². The molecule has 0 amide bonds. The number of nitrogens with one attached hydrogen (secondary N) is 1. The van der Waals surface area contributed by atoms with Crippen molar-refractivity contribution in [1.29, 1.82) is 0 Å². The Balaban J connectivity index is 1.82. The van der Waals surface area contributed by atoms with Crippen molar-refractivity contribution < 1.29 is 4.74 Å². The molecular formula is C12H24N2O. The Bertz CT molecular complexity index is 222. The van der Waals surface area contributed by atoms with E-state index in [1.54, 1.807) is 0 Å². The maximum absolute atomic E-state index is 5.85. The molecule has 0 radical (unpaired) electrons. The molecule has 0 aromatic carbocycles. The van der Waals surface area contributed by atoms with Gasteiger partial charge in [0, 0.05) is 12.6 Å². The van der Waals surface area contributed by atoms with E-state index >= 15 is 0 Å². The molecule has 0 aromatic heterocycles. The van der Waals surface area contributed by atoms with E-state index in [1.807, 2.05) is 0 Å². The van der Waals surface area contributed by atoms with E-state index < -0.39 is 0 Å². The Kier molecular flexibility index (Phi) is 3.33. The molecule has 88 valence electrons. The minimum Gasteiger partial charge on any atom is -0.359 e. The van der Waals surface area contributed by atoms with E-state index in [4.69, 9.17) is 4.74 Å². The maximum Gasteiger partial charge on any atom is 0.117 e. The maximum atomic E-state index is 5.85. The molecule has 3 nitrogen and oxygen atoms in total. The molecule has 2 heterocycles. The van der Waals surface area contributed by atoms with Gasteiger partial charge in [-0.1, -0.05) is 6.92 Å². The number of nitrogens with zero attached hydrogens (tertiary/aromatic N) is 1. The van der Waals surface area contributed by atoms with Crippen LogP contribution in [0.1, 0.15) is 33.6 Å². The summed E-state index contributed by atoms with van der Waals surface area (Å²) < 4.78 is 5.85. The highest BCUT2D eigenvalue weighted by atomic mass is 16.5. The number of hydrogen-bond donors (Lipinski definition) is 1. The van der Waals surface area contributed by atoms with Gasteiger partial charge in [0.05, 0.1) is 6.61 Å². The van der Waals surface area contributed by atoms with Crippen LogP contribution in [0.15, 0.2) is 0 Å². The Hall–Kier alpha value is -0.120. The van der Waals surface area contributed by atoms with Crippen LogP contribution in [0.2, 0.25) is 0 Å². The third kappa shape index (κ3) is 2.71. The first kappa shape index (κ1) is 11.4. The van der Waals surface area contributed by atoms with Crippen LogP contribution in [-0.4, -0.2) is 42.9 Å². The van der Waals surface area contributed by atoms with Gasteiger partial charge in [0.2, 0.25) is 0 Å². The standard InChI is InChI=1S/C12H24N2O/c1-4-14-6-5-11(8-14)7-12(3)13-10(2)9-15-12/h10-11,13H,4-9H2,1-3H3. The lowest BCUT2D eigenvalue weighted by Gasteiger charge is -2.27. The first-order chi connectivity index (χ1) is 7.11. The fraction of sp³-hybridized carbons (Fsp3) is 1.00. The second kappa shape index (κ2) is 4.40. The van der Waals surface area contributed by atoms with Crippen LogP contribution in [0.3, 0.4) is 0 Å². The number of rotatable bonds is 3. The Labute approximate surface area is 93.2 Å². The van der Waals surface area contributed by atoms with E-state index in [2.05, 4.69) is 31.0 Å². The molecule has 2 rings (SSSR count). The third-order valence-corrected chi connectivity index (χ3v) is 3.70. The zero-order valence-electron chi connectivity index (χ0n) is 10.3. The van der Waals surface area contributed by atoms with Crippen LogP contribution in [0, 0.1) is 5.92 Å². The predicted molar refractivity (Wildman–Crippen MR) is 61.8 cm³/mol. The highest BCUT2D eigenvalue weighted by Crippen LogP contribution is 2.29. The lowest BCUT2D eigenvalue weighted by atomic mass is 9.97. The fourth-order valence-electron chi connectivity index (χ4n) is 2.95. The Morgan fingerprint density at radius 3 is 2.87 bits per heavy atom. The van der Waals surface area contributed by atoms with Gasteiger partial charge >= 0.3 is 0 Å². The molecule has 2 aliphatic heterocycles. The molecule has 0 saturated carbocycles. The summed E-state index contributed by atoms with van der Waals surface area (Å²) in [6.07, 6.45) is 2.50. The van der Waals surface area contributed by atoms with Crippen LogP contribution in [0.25, 0.3) is 0 Å². The molecule has 3 heteroatoms. The molecule has 2 aliphatic rings. The molecule has 0 spiro atoms. The van der Waals surface area contributed by atoms with Crippen LogP contribution in [0.5, 0.6) is 0 Å². The molecular weight excluding hydrogens is 188 g/mol. The monoisotopic (exact) mass is 212 g/mol. The fourth-order valence-corrected chi connectivity index (χ4v) is 2.95. The minimum absolute atomic E-state index is 0.0617. The highest BCUT2D eigenvalue weighted by Gasteiger charge is 2.37. The van der Waals surface area contributed by atoms with Crippen LogP contribution < -0.4 is 5.32 Å². The molecule has 0 aromatic rings. The van der Waals surface area contributed by atoms with Crippen LogP contribution in [-0.2, 0) is 4.74 Å². The van der Waals surface area contributed by atoms with Gasteiger partial charge in [0.25, 0.3) is 0 Å². The first-order valence-corrected chi connectivity index (χ1v) is 6.25. The second-order valence-electron chi connectivity index (χ2n) is 5.34. The summed E-state index contributed by atoms with van der Waals surface area (Å²) in [5.41, 5.74) is -0.0617. The van der Waals surface area contributed by atoms with Crippen molar-refractivity contribution in [3.8, 4) is 0 Å². The van der Waals surface area contributed by atoms with E-state index in [-0.39, 0.29) is 5.72 Å². The van der Waals surface area contributed by atoms with Crippen molar-refractivity contribution in [3.05, 3.63) is 0 Å². The smallest absolute Gasteiger partial charge is 0.117 e. The number of likely N-dealkylation sites (tertiary alicyclic amines) is 1. The normalized spacial score (nSPS) is 42.6. The van der Waals surface area contributed by atoms with Gasteiger partial charge < -0.3 is 9.64 Å². The minimum atomic E-state index is -0.0617. The molecule has 3 atom stereocenters. The summed E-state index contributed by atoms with van der Waals surface area (Å²) in [7, 11) is 0. The lowest BCUT2D eigenvalue weighted by Crippen LogP contribution is -2.42. The van der Waals surface area contributed by atoms with Gasteiger partial charge in [-0.05, 0) is 45.7 Å². The number of hydrogen-bond acceptors (Lipinski definition) is 3. The largest absolute Gasteiger partial charge is 0.359 e. The van der Waals surface area contributed by atoms with Crippen LogP contribution in [0.4, 0.5) is 0 Å². The summed E-state index contributed by atoms with van der Waals surface area (Å²) in [4.78, 5) is 2.53. The van der Waals surface area contributed by atoms with Crippen molar-refractivity contribution >= 4 is 0 Å². The molecule has 0 aliphatic carbocycles. The Morgan fingerprint density at radius 2 is 2.33 bits per heavy atom. The van der Waals surface area contributed by atoms with Gasteiger partial charge in [0.1, 0.15) is 5.72 Å². The average Bonchev–Trinajstić information content (AvgIpc) is 2.74.